The van der Waals surface area contributed by atoms with Crippen LogP contribution in [0.3, 0.4) is 0 Å². The van der Waals surface area contributed by atoms with Crippen molar-refractivity contribution in [2.45, 2.75) is 32.2 Å². The van der Waals surface area contributed by atoms with Gasteiger partial charge < -0.3 is 10.6 Å². The molecule has 5 heteroatoms. The third kappa shape index (κ3) is 2.94. The van der Waals surface area contributed by atoms with E-state index in [-0.39, 0.29) is 11.8 Å². The van der Waals surface area contributed by atoms with Gasteiger partial charge in [0.15, 0.2) is 0 Å². The molecule has 0 saturated carbocycles. The third-order valence-electron chi connectivity index (χ3n) is 2.48. The second-order valence-electron chi connectivity index (χ2n) is 3.58. The minimum absolute atomic E-state index is 0.151. The monoisotopic (exact) mass is 209 g/mol. The molecule has 1 heterocycles. The maximum atomic E-state index is 11.5. The number of piperidine rings is 1. The van der Waals surface area contributed by atoms with Gasteiger partial charge >= 0.3 is 0 Å². The first-order valence-corrected chi connectivity index (χ1v) is 5.16. The Morgan fingerprint density at radius 2 is 2.53 bits per heavy atom. The molecule has 82 valence electrons. The summed E-state index contributed by atoms with van der Waals surface area (Å²) in [6.07, 6.45) is 1.98. The van der Waals surface area contributed by atoms with Crippen LogP contribution >= 0.6 is 0 Å². The topological polar surface area (TPSA) is 82.0 Å². The highest BCUT2D eigenvalue weighted by Gasteiger charge is 2.26. The Bertz CT molecular complexity index is 296. The van der Waals surface area contributed by atoms with Crippen molar-refractivity contribution < 1.29 is 9.59 Å². The summed E-state index contributed by atoms with van der Waals surface area (Å²) in [6, 6.07) is 1.45. The van der Waals surface area contributed by atoms with Crippen LogP contribution in [-0.4, -0.2) is 24.4 Å². The molecule has 0 radical (unpaired) electrons. The molecule has 0 aromatic rings. The van der Waals surface area contributed by atoms with Crippen molar-refractivity contribution in [2.24, 2.45) is 5.92 Å². The molecule has 1 rings (SSSR count). The molecule has 1 aliphatic rings. The Labute approximate surface area is 88.8 Å². The fraction of sp³-hybridized carbons (Fsp3) is 0.700. The zero-order valence-electron chi connectivity index (χ0n) is 8.75. The molecule has 0 aromatic carbocycles. The minimum atomic E-state index is -0.653. The molecule has 0 aromatic heterocycles. The van der Waals surface area contributed by atoms with Crippen LogP contribution in [0.25, 0.3) is 0 Å². The second kappa shape index (κ2) is 5.35. The number of carbonyl (C=O) groups is 2. The number of hydrogen-bond acceptors (Lipinski definition) is 3. The lowest BCUT2D eigenvalue weighted by molar-refractivity contribution is -0.131. The van der Waals surface area contributed by atoms with Gasteiger partial charge in [0.05, 0.1) is 6.07 Å². The summed E-state index contributed by atoms with van der Waals surface area (Å²) in [5.74, 6) is -1.15. The summed E-state index contributed by atoms with van der Waals surface area (Å²) in [6.45, 7) is 2.44. The van der Waals surface area contributed by atoms with Gasteiger partial charge in [-0.2, -0.15) is 5.26 Å². The lowest BCUT2D eigenvalue weighted by atomic mass is 10.0. The van der Waals surface area contributed by atoms with Crippen molar-refractivity contribution in [1.29, 1.82) is 5.26 Å². The van der Waals surface area contributed by atoms with Crippen LogP contribution in [0.15, 0.2) is 0 Å². The van der Waals surface area contributed by atoms with Crippen LogP contribution in [0.2, 0.25) is 0 Å². The van der Waals surface area contributed by atoms with Gasteiger partial charge in [-0.3, -0.25) is 9.59 Å². The maximum absolute atomic E-state index is 11.5. The largest absolute Gasteiger partial charge is 0.354 e. The molecule has 2 amide bonds. The van der Waals surface area contributed by atoms with Gasteiger partial charge in [0.25, 0.3) is 0 Å². The van der Waals surface area contributed by atoms with Gasteiger partial charge in [0, 0.05) is 6.54 Å². The molecular weight excluding hydrogens is 194 g/mol. The Morgan fingerprint density at radius 3 is 3.07 bits per heavy atom. The number of hydrogen-bond donors (Lipinski definition) is 2. The van der Waals surface area contributed by atoms with Crippen LogP contribution in [0.5, 0.6) is 0 Å². The van der Waals surface area contributed by atoms with Crippen molar-refractivity contribution in [2.75, 3.05) is 6.54 Å². The normalized spacial score (nSPS) is 22.4. The van der Waals surface area contributed by atoms with Gasteiger partial charge in [-0.15, -0.1) is 0 Å². The molecule has 5 nitrogen and oxygen atoms in total. The SMILES string of the molecule is CCC(C#N)C(=O)NC1CCCNC1=O. The Hall–Kier alpha value is -1.57. The first kappa shape index (κ1) is 11.5. The summed E-state index contributed by atoms with van der Waals surface area (Å²) < 4.78 is 0. The highest BCUT2D eigenvalue weighted by Crippen LogP contribution is 2.06. The fourth-order valence-electron chi connectivity index (χ4n) is 1.52. The quantitative estimate of drug-likeness (QED) is 0.682. The molecule has 1 fully saturated rings. The molecule has 0 aliphatic carbocycles. The van der Waals surface area contributed by atoms with E-state index in [0.717, 1.165) is 6.42 Å². The van der Waals surface area contributed by atoms with Crippen molar-refractivity contribution in [3.63, 3.8) is 0 Å². The number of nitrogens with one attached hydrogen (secondary N) is 2. The first-order chi connectivity index (χ1) is 7.19. The van der Waals surface area contributed by atoms with E-state index < -0.39 is 12.0 Å². The molecular formula is C10H15N3O2. The molecule has 1 saturated heterocycles. The summed E-state index contributed by atoms with van der Waals surface area (Å²) in [5.41, 5.74) is 0. The summed E-state index contributed by atoms with van der Waals surface area (Å²) >= 11 is 0. The van der Waals surface area contributed by atoms with Crippen LogP contribution in [0.4, 0.5) is 0 Å². The highest BCUT2D eigenvalue weighted by molar-refractivity contribution is 5.89. The van der Waals surface area contributed by atoms with Crippen LogP contribution in [-0.2, 0) is 9.59 Å². The molecule has 0 bridgehead atoms. The predicted molar refractivity (Wildman–Crippen MR) is 53.6 cm³/mol. The Balaban J connectivity index is 2.50. The van der Waals surface area contributed by atoms with Gasteiger partial charge in [-0.05, 0) is 19.3 Å². The number of amides is 2. The number of nitrogens with zero attached hydrogens (tertiary/aromatic N) is 1. The van der Waals surface area contributed by atoms with Gasteiger partial charge in [-0.1, -0.05) is 6.92 Å². The number of nitriles is 1. The lowest BCUT2D eigenvalue weighted by Crippen LogP contribution is -2.51. The van der Waals surface area contributed by atoms with E-state index in [4.69, 9.17) is 5.26 Å². The number of rotatable bonds is 3. The Kier molecular flexibility index (Phi) is 4.10. The van der Waals surface area contributed by atoms with Crippen LogP contribution < -0.4 is 10.6 Å². The second-order valence-corrected chi connectivity index (χ2v) is 3.58. The van der Waals surface area contributed by atoms with E-state index in [1.54, 1.807) is 6.92 Å². The predicted octanol–water partition coefficient (Wildman–Crippen LogP) is -0.0690. The average Bonchev–Trinajstić information content (AvgIpc) is 2.23. The lowest BCUT2D eigenvalue weighted by Gasteiger charge is -2.23. The average molecular weight is 209 g/mol. The maximum Gasteiger partial charge on any atom is 0.242 e. The van der Waals surface area contributed by atoms with Crippen molar-refractivity contribution in [1.82, 2.24) is 10.6 Å². The van der Waals surface area contributed by atoms with E-state index in [1.807, 2.05) is 6.07 Å². The van der Waals surface area contributed by atoms with E-state index in [9.17, 15) is 9.59 Å². The van der Waals surface area contributed by atoms with Crippen LogP contribution in [0, 0.1) is 17.2 Å². The van der Waals surface area contributed by atoms with Gasteiger partial charge in [0.1, 0.15) is 12.0 Å². The molecule has 15 heavy (non-hydrogen) atoms. The zero-order valence-corrected chi connectivity index (χ0v) is 8.75. The summed E-state index contributed by atoms with van der Waals surface area (Å²) in [4.78, 5) is 22.8. The minimum Gasteiger partial charge on any atom is -0.354 e. The van der Waals surface area contributed by atoms with Crippen molar-refractivity contribution >= 4 is 11.8 Å². The summed E-state index contributed by atoms with van der Waals surface area (Å²) in [5, 5.41) is 14.0. The third-order valence-corrected chi connectivity index (χ3v) is 2.48. The van der Waals surface area contributed by atoms with Gasteiger partial charge in [-0.25, -0.2) is 0 Å². The van der Waals surface area contributed by atoms with Gasteiger partial charge in [0.2, 0.25) is 11.8 Å². The Morgan fingerprint density at radius 1 is 1.80 bits per heavy atom. The zero-order chi connectivity index (χ0) is 11.3. The highest BCUT2D eigenvalue weighted by atomic mass is 16.2. The summed E-state index contributed by atoms with van der Waals surface area (Å²) in [7, 11) is 0. The first-order valence-electron chi connectivity index (χ1n) is 5.16. The molecule has 2 unspecified atom stereocenters. The van der Waals surface area contributed by atoms with Crippen molar-refractivity contribution in [3.05, 3.63) is 0 Å². The molecule has 1 aliphatic heterocycles. The van der Waals surface area contributed by atoms with E-state index in [0.29, 0.717) is 19.4 Å². The standard InChI is InChI=1S/C10H15N3O2/c1-2-7(6-11)9(14)13-8-4-3-5-12-10(8)15/h7-8H,2-5H2,1H3,(H,12,15)(H,13,14). The van der Waals surface area contributed by atoms with Crippen molar-refractivity contribution in [3.8, 4) is 6.07 Å². The van der Waals surface area contributed by atoms with E-state index in [2.05, 4.69) is 10.6 Å². The van der Waals surface area contributed by atoms with E-state index in [1.165, 1.54) is 0 Å². The van der Waals surface area contributed by atoms with E-state index >= 15 is 0 Å². The fourth-order valence-corrected chi connectivity index (χ4v) is 1.52. The molecule has 2 N–H and O–H groups in total. The smallest absolute Gasteiger partial charge is 0.242 e. The molecule has 0 spiro atoms. The number of carbonyl (C=O) groups excluding carboxylic acids is 2. The van der Waals surface area contributed by atoms with Crippen LogP contribution in [0.1, 0.15) is 26.2 Å². The molecule has 2 atom stereocenters.